The smallest absolute Gasteiger partial charge is 0.267 e. The van der Waals surface area contributed by atoms with Gasteiger partial charge in [-0.3, -0.25) is 9.35 Å². The lowest BCUT2D eigenvalue weighted by Crippen LogP contribution is -2.46. The van der Waals surface area contributed by atoms with Gasteiger partial charge in [-0.25, -0.2) is 0 Å². The van der Waals surface area contributed by atoms with Gasteiger partial charge in [-0.05, 0) is 51.4 Å². The van der Waals surface area contributed by atoms with Crippen LogP contribution in [-0.2, 0) is 14.9 Å². The van der Waals surface area contributed by atoms with Crippen molar-refractivity contribution in [3.05, 3.63) is 36.5 Å². The Hall–Kier alpha value is -1.44. The fourth-order valence-electron chi connectivity index (χ4n) is 6.36. The first-order valence-corrected chi connectivity index (χ1v) is 22.8. The van der Waals surface area contributed by atoms with Crippen LogP contribution < -0.4 is 5.32 Å². The van der Waals surface area contributed by atoms with Gasteiger partial charge in [0.2, 0.25) is 5.91 Å². The molecule has 0 radical (unpaired) electrons. The molecular weight excluding hydrogens is 643 g/mol. The van der Waals surface area contributed by atoms with Gasteiger partial charge in [0.1, 0.15) is 0 Å². The molecule has 0 fully saturated rings. The third kappa shape index (κ3) is 37.8. The first kappa shape index (κ1) is 48.6. The van der Waals surface area contributed by atoms with Crippen molar-refractivity contribution < 1.29 is 22.9 Å². The van der Waals surface area contributed by atoms with Crippen LogP contribution in [0.2, 0.25) is 0 Å². The third-order valence-electron chi connectivity index (χ3n) is 9.56. The molecule has 0 aromatic rings. The summed E-state index contributed by atoms with van der Waals surface area (Å²) in [5.74, 6) is -0.986. The van der Waals surface area contributed by atoms with Crippen LogP contribution in [0.25, 0.3) is 0 Å². The van der Waals surface area contributed by atoms with Gasteiger partial charge >= 0.3 is 0 Å². The first-order valence-electron chi connectivity index (χ1n) is 21.2. The Morgan fingerprint density at radius 2 is 0.900 bits per heavy atom. The predicted octanol–water partition coefficient (Wildman–Crippen LogP) is 12.5. The maximum Gasteiger partial charge on any atom is 0.267 e. The SMILES string of the molecule is CCCCC/C=C\C/C=C\CCCCCCCCCC(=O)NC(CS(=O)(=O)O)C(O)/C=C/CCCCCCCCCCCCCCCCCC. The fraction of sp³-hybridized carbons (Fsp3) is 0.837. The molecule has 50 heavy (non-hydrogen) atoms. The van der Waals surface area contributed by atoms with E-state index < -0.39 is 28.0 Å². The molecular formula is C43H81NO5S. The number of nitrogens with one attached hydrogen (secondary N) is 1. The minimum Gasteiger partial charge on any atom is -0.387 e. The van der Waals surface area contributed by atoms with Gasteiger partial charge in [0.15, 0.2) is 0 Å². The molecule has 0 aliphatic rings. The molecule has 7 heteroatoms. The largest absolute Gasteiger partial charge is 0.387 e. The monoisotopic (exact) mass is 724 g/mol. The van der Waals surface area contributed by atoms with Crippen LogP contribution in [0.5, 0.6) is 0 Å². The molecule has 0 bridgehead atoms. The van der Waals surface area contributed by atoms with Crippen LogP contribution in [0, 0.1) is 0 Å². The summed E-state index contributed by atoms with van der Waals surface area (Å²) in [6.07, 6.45) is 48.4. The number of rotatable bonds is 38. The van der Waals surface area contributed by atoms with E-state index in [0.29, 0.717) is 0 Å². The molecule has 0 saturated carbocycles. The zero-order valence-electron chi connectivity index (χ0n) is 32.8. The molecule has 0 rings (SSSR count). The van der Waals surface area contributed by atoms with Gasteiger partial charge in [0.05, 0.1) is 17.9 Å². The van der Waals surface area contributed by atoms with E-state index in [4.69, 9.17) is 0 Å². The van der Waals surface area contributed by atoms with Crippen molar-refractivity contribution in [3.8, 4) is 0 Å². The summed E-state index contributed by atoms with van der Waals surface area (Å²) in [7, 11) is -4.35. The number of hydrogen-bond acceptors (Lipinski definition) is 4. The number of carbonyl (C=O) groups excluding carboxylic acids is 1. The van der Waals surface area contributed by atoms with Crippen molar-refractivity contribution in [2.75, 3.05) is 5.75 Å². The van der Waals surface area contributed by atoms with E-state index in [1.54, 1.807) is 6.08 Å². The third-order valence-corrected chi connectivity index (χ3v) is 10.3. The van der Waals surface area contributed by atoms with Gasteiger partial charge in [-0.15, -0.1) is 0 Å². The molecule has 294 valence electrons. The van der Waals surface area contributed by atoms with E-state index in [1.807, 2.05) is 6.08 Å². The van der Waals surface area contributed by atoms with Crippen LogP contribution in [0.3, 0.4) is 0 Å². The number of hydrogen-bond donors (Lipinski definition) is 3. The highest BCUT2D eigenvalue weighted by Gasteiger charge is 2.24. The molecule has 1 amide bonds. The second-order valence-electron chi connectivity index (χ2n) is 14.6. The van der Waals surface area contributed by atoms with Gasteiger partial charge in [0, 0.05) is 6.42 Å². The van der Waals surface area contributed by atoms with Crippen LogP contribution in [0.4, 0.5) is 0 Å². The normalized spacial score (nSPS) is 13.6. The minimum absolute atomic E-state index is 0.286. The predicted molar refractivity (Wildman–Crippen MR) is 216 cm³/mol. The molecule has 2 unspecified atom stereocenters. The Bertz CT molecular complexity index is 930. The molecule has 2 atom stereocenters. The van der Waals surface area contributed by atoms with E-state index >= 15 is 0 Å². The molecule has 0 aliphatic carbocycles. The van der Waals surface area contributed by atoms with Crippen molar-refractivity contribution >= 4 is 16.0 Å². The highest BCUT2D eigenvalue weighted by Crippen LogP contribution is 2.15. The van der Waals surface area contributed by atoms with Gasteiger partial charge in [0.25, 0.3) is 10.1 Å². The Morgan fingerprint density at radius 1 is 0.540 bits per heavy atom. The lowest BCUT2D eigenvalue weighted by Gasteiger charge is -2.21. The lowest BCUT2D eigenvalue weighted by molar-refractivity contribution is -0.122. The van der Waals surface area contributed by atoms with E-state index in [0.717, 1.165) is 57.8 Å². The Morgan fingerprint density at radius 3 is 1.34 bits per heavy atom. The van der Waals surface area contributed by atoms with Crippen molar-refractivity contribution in [3.63, 3.8) is 0 Å². The molecule has 0 aromatic heterocycles. The quantitative estimate of drug-likeness (QED) is 0.0334. The maximum atomic E-state index is 12.5. The zero-order valence-corrected chi connectivity index (χ0v) is 33.6. The van der Waals surface area contributed by atoms with Gasteiger partial charge in [-0.2, -0.15) is 8.42 Å². The molecule has 0 aliphatic heterocycles. The average molecular weight is 724 g/mol. The summed E-state index contributed by atoms with van der Waals surface area (Å²) in [4.78, 5) is 12.5. The molecule has 0 saturated heterocycles. The minimum atomic E-state index is -4.35. The van der Waals surface area contributed by atoms with E-state index in [9.17, 15) is 22.9 Å². The molecule has 0 spiro atoms. The summed E-state index contributed by atoms with van der Waals surface area (Å²) in [6.45, 7) is 4.50. The Labute approximate surface area is 310 Å². The van der Waals surface area contributed by atoms with Gasteiger partial charge in [-0.1, -0.05) is 192 Å². The fourth-order valence-corrected chi connectivity index (χ4v) is 7.10. The first-order chi connectivity index (χ1) is 24.3. The Kier molecular flexibility index (Phi) is 36.2. The van der Waals surface area contributed by atoms with Crippen molar-refractivity contribution in [1.82, 2.24) is 5.32 Å². The van der Waals surface area contributed by atoms with Crippen LogP contribution in [0.1, 0.15) is 213 Å². The summed E-state index contributed by atoms with van der Waals surface area (Å²) in [5, 5.41) is 13.2. The highest BCUT2D eigenvalue weighted by atomic mass is 32.2. The topological polar surface area (TPSA) is 104 Å². The number of aliphatic hydroxyl groups excluding tert-OH is 1. The summed E-state index contributed by atoms with van der Waals surface area (Å²) >= 11 is 0. The summed E-state index contributed by atoms with van der Waals surface area (Å²) in [5.41, 5.74) is 0. The summed E-state index contributed by atoms with van der Waals surface area (Å²) < 4.78 is 32.5. The molecule has 0 aromatic carbocycles. The average Bonchev–Trinajstić information content (AvgIpc) is 3.08. The van der Waals surface area contributed by atoms with Crippen molar-refractivity contribution in [1.29, 1.82) is 0 Å². The maximum absolute atomic E-state index is 12.5. The van der Waals surface area contributed by atoms with Crippen LogP contribution >= 0.6 is 0 Å². The van der Waals surface area contributed by atoms with Crippen LogP contribution in [0.15, 0.2) is 36.5 Å². The number of carbonyl (C=O) groups is 1. The Balaban J connectivity index is 3.92. The number of unbranched alkanes of at least 4 members (excludes halogenated alkanes) is 26. The second-order valence-corrected chi connectivity index (χ2v) is 16.1. The molecule has 6 nitrogen and oxygen atoms in total. The standard InChI is InChI=1S/C43H81NO5S/c1-3-5-7-9-11-13-15-17-19-21-23-24-26-28-30-32-34-36-38-42(45)41(40-50(47,48)49)44-43(46)39-37-35-33-31-29-27-25-22-20-18-16-14-12-10-8-6-4-2/h12,14,18,20,36,38,41-42,45H,3-11,13,15-17,19,21-35,37,39-40H2,1-2H3,(H,44,46)(H,47,48,49)/b14-12-,20-18-,38-36+. The van der Waals surface area contributed by atoms with E-state index in [-0.39, 0.29) is 12.3 Å². The van der Waals surface area contributed by atoms with Crippen LogP contribution in [-0.4, -0.2) is 41.9 Å². The summed E-state index contributed by atoms with van der Waals surface area (Å²) in [6, 6.07) is -1.06. The van der Waals surface area contributed by atoms with E-state index in [2.05, 4.69) is 43.5 Å². The van der Waals surface area contributed by atoms with Gasteiger partial charge < -0.3 is 10.4 Å². The second kappa shape index (κ2) is 37.3. The number of aliphatic hydroxyl groups is 1. The number of allylic oxidation sites excluding steroid dienone is 5. The van der Waals surface area contributed by atoms with Crippen molar-refractivity contribution in [2.45, 2.75) is 225 Å². The number of amides is 1. The van der Waals surface area contributed by atoms with E-state index in [1.165, 1.54) is 135 Å². The van der Waals surface area contributed by atoms with Crippen molar-refractivity contribution in [2.24, 2.45) is 0 Å². The zero-order chi connectivity index (χ0) is 36.8. The molecule has 3 N–H and O–H groups in total. The lowest BCUT2D eigenvalue weighted by atomic mass is 10.0. The molecule has 0 heterocycles. The highest BCUT2D eigenvalue weighted by molar-refractivity contribution is 7.85.